The maximum Gasteiger partial charge on any atom is 0.0873 e. The molecule has 0 aromatic rings. The molecule has 0 spiro atoms. The quantitative estimate of drug-likeness (QED) is 0.516. The van der Waals surface area contributed by atoms with Gasteiger partial charge in [0.15, 0.2) is 0 Å². The summed E-state index contributed by atoms with van der Waals surface area (Å²) in [6.45, 7) is 0.935. The average Bonchev–Trinajstić information content (AvgIpc) is 2.72. The Morgan fingerprint density at radius 3 is 2.94 bits per heavy atom. The summed E-state index contributed by atoms with van der Waals surface area (Å²) >= 11 is 2.16. The summed E-state index contributed by atoms with van der Waals surface area (Å²) in [6, 6.07) is 0. The van der Waals surface area contributed by atoms with Gasteiger partial charge < -0.3 is 4.74 Å². The summed E-state index contributed by atoms with van der Waals surface area (Å²) in [4.78, 5) is 0. The van der Waals surface area contributed by atoms with E-state index in [1.54, 1.807) is 0 Å². The molecule has 1 aliphatic carbocycles. The Hall–Kier alpha value is -0.110. The molecule has 2 fully saturated rings. The lowest BCUT2D eigenvalue weighted by Gasteiger charge is -2.12. The number of rotatable bonds is 5. The van der Waals surface area contributed by atoms with Crippen molar-refractivity contribution in [1.29, 1.82) is 0 Å². The van der Waals surface area contributed by atoms with Gasteiger partial charge in [-0.2, -0.15) is 11.8 Å². The molecular formula is C15H26OS. The van der Waals surface area contributed by atoms with E-state index < -0.39 is 0 Å². The largest absolute Gasteiger partial charge is 0.501 e. The third-order valence-corrected chi connectivity index (χ3v) is 5.16. The Labute approximate surface area is 110 Å². The molecule has 1 saturated carbocycles. The molecule has 0 bridgehead atoms. The fourth-order valence-corrected chi connectivity index (χ4v) is 4.02. The SMILES string of the molecule is C(OCCCC1CCCCSC1)=C1CCCC1. The van der Waals surface area contributed by atoms with Crippen molar-refractivity contribution in [2.45, 2.75) is 57.8 Å². The van der Waals surface area contributed by atoms with Crippen LogP contribution in [-0.4, -0.2) is 18.1 Å². The molecule has 2 heteroatoms. The van der Waals surface area contributed by atoms with Crippen LogP contribution in [0.25, 0.3) is 0 Å². The lowest BCUT2D eigenvalue weighted by Crippen LogP contribution is -2.03. The smallest absolute Gasteiger partial charge is 0.0873 e. The van der Waals surface area contributed by atoms with Crippen LogP contribution in [0.3, 0.4) is 0 Å². The standard InChI is InChI=1S/C15H26OS/c1-2-7-14(6-1)12-16-10-5-9-15-8-3-4-11-17-13-15/h12,15H,1-11,13H2. The Morgan fingerprint density at radius 2 is 2.06 bits per heavy atom. The van der Waals surface area contributed by atoms with Crippen LogP contribution in [0.4, 0.5) is 0 Å². The van der Waals surface area contributed by atoms with Crippen LogP contribution in [0.2, 0.25) is 0 Å². The molecule has 1 unspecified atom stereocenters. The van der Waals surface area contributed by atoms with Crippen LogP contribution in [0.5, 0.6) is 0 Å². The fourth-order valence-electron chi connectivity index (χ4n) is 2.78. The Bertz CT molecular complexity index is 221. The van der Waals surface area contributed by atoms with E-state index >= 15 is 0 Å². The van der Waals surface area contributed by atoms with Crippen molar-refractivity contribution in [3.05, 3.63) is 11.8 Å². The van der Waals surface area contributed by atoms with Gasteiger partial charge in [0, 0.05) is 0 Å². The van der Waals surface area contributed by atoms with Gasteiger partial charge >= 0.3 is 0 Å². The lowest BCUT2D eigenvalue weighted by molar-refractivity contribution is 0.230. The summed E-state index contributed by atoms with van der Waals surface area (Å²) in [5.74, 6) is 3.74. The van der Waals surface area contributed by atoms with E-state index in [-0.39, 0.29) is 0 Å². The first-order chi connectivity index (χ1) is 8.45. The molecule has 2 aliphatic rings. The van der Waals surface area contributed by atoms with Crippen LogP contribution in [0.15, 0.2) is 11.8 Å². The Morgan fingerprint density at radius 1 is 1.18 bits per heavy atom. The number of ether oxygens (including phenoxy) is 1. The van der Waals surface area contributed by atoms with Gasteiger partial charge in [-0.3, -0.25) is 0 Å². The second-order valence-corrected chi connectivity index (χ2v) is 6.58. The van der Waals surface area contributed by atoms with Crippen molar-refractivity contribution in [3.8, 4) is 0 Å². The highest BCUT2D eigenvalue weighted by molar-refractivity contribution is 7.99. The molecular weight excluding hydrogens is 228 g/mol. The van der Waals surface area contributed by atoms with Crippen molar-refractivity contribution in [3.63, 3.8) is 0 Å². The third kappa shape index (κ3) is 5.37. The Kier molecular flexibility index (Phi) is 6.33. The fraction of sp³-hybridized carbons (Fsp3) is 0.867. The minimum Gasteiger partial charge on any atom is -0.501 e. The number of hydrogen-bond donors (Lipinski definition) is 0. The second kappa shape index (κ2) is 8.07. The van der Waals surface area contributed by atoms with E-state index in [1.807, 2.05) is 0 Å². The van der Waals surface area contributed by atoms with Crippen LogP contribution in [-0.2, 0) is 4.74 Å². The molecule has 1 heterocycles. The Balaban J connectivity index is 1.51. The van der Waals surface area contributed by atoms with Crippen molar-refractivity contribution < 1.29 is 4.74 Å². The van der Waals surface area contributed by atoms with Gasteiger partial charge in [-0.25, -0.2) is 0 Å². The van der Waals surface area contributed by atoms with E-state index in [4.69, 9.17) is 4.74 Å². The molecule has 0 N–H and O–H groups in total. The molecule has 0 amide bonds. The predicted octanol–water partition coefficient (Wildman–Crippen LogP) is 4.77. The zero-order chi connectivity index (χ0) is 11.8. The average molecular weight is 254 g/mol. The molecule has 1 aliphatic heterocycles. The maximum absolute atomic E-state index is 5.67. The van der Waals surface area contributed by atoms with E-state index in [0.29, 0.717) is 0 Å². The molecule has 17 heavy (non-hydrogen) atoms. The molecule has 2 rings (SSSR count). The van der Waals surface area contributed by atoms with Gasteiger partial charge in [0.2, 0.25) is 0 Å². The van der Waals surface area contributed by atoms with E-state index in [1.165, 1.54) is 74.9 Å². The minimum atomic E-state index is 0.935. The van der Waals surface area contributed by atoms with Gasteiger partial charge in [0.1, 0.15) is 0 Å². The van der Waals surface area contributed by atoms with Gasteiger partial charge in [0.05, 0.1) is 12.9 Å². The summed E-state index contributed by atoms with van der Waals surface area (Å²) in [6.07, 6.45) is 14.3. The zero-order valence-corrected chi connectivity index (χ0v) is 11.8. The molecule has 1 saturated heterocycles. The van der Waals surface area contributed by atoms with Gasteiger partial charge in [-0.15, -0.1) is 0 Å². The van der Waals surface area contributed by atoms with E-state index in [2.05, 4.69) is 18.0 Å². The first-order valence-electron chi connectivity index (χ1n) is 7.32. The van der Waals surface area contributed by atoms with Crippen LogP contribution in [0.1, 0.15) is 57.8 Å². The second-order valence-electron chi connectivity index (χ2n) is 5.43. The monoisotopic (exact) mass is 254 g/mol. The van der Waals surface area contributed by atoms with Crippen molar-refractivity contribution in [2.75, 3.05) is 18.1 Å². The van der Waals surface area contributed by atoms with E-state index in [9.17, 15) is 0 Å². The van der Waals surface area contributed by atoms with Gasteiger partial charge in [-0.05, 0) is 74.4 Å². The highest BCUT2D eigenvalue weighted by Crippen LogP contribution is 2.26. The number of hydrogen-bond acceptors (Lipinski definition) is 2. The number of allylic oxidation sites excluding steroid dienone is 1. The number of thioether (sulfide) groups is 1. The molecule has 1 nitrogen and oxygen atoms in total. The third-order valence-electron chi connectivity index (χ3n) is 3.87. The highest BCUT2D eigenvalue weighted by atomic mass is 32.2. The molecule has 1 atom stereocenters. The predicted molar refractivity (Wildman–Crippen MR) is 76.4 cm³/mol. The normalized spacial score (nSPS) is 25.6. The van der Waals surface area contributed by atoms with E-state index in [0.717, 1.165) is 12.5 Å². The first-order valence-corrected chi connectivity index (χ1v) is 8.48. The summed E-state index contributed by atoms with van der Waals surface area (Å²) < 4.78 is 5.67. The summed E-state index contributed by atoms with van der Waals surface area (Å²) in [7, 11) is 0. The maximum atomic E-state index is 5.67. The lowest BCUT2D eigenvalue weighted by atomic mass is 9.99. The molecule has 0 aromatic carbocycles. The van der Waals surface area contributed by atoms with Crippen LogP contribution < -0.4 is 0 Å². The topological polar surface area (TPSA) is 9.23 Å². The first kappa shape index (κ1) is 13.3. The van der Waals surface area contributed by atoms with Crippen LogP contribution >= 0.6 is 11.8 Å². The van der Waals surface area contributed by atoms with Crippen molar-refractivity contribution >= 4 is 11.8 Å². The van der Waals surface area contributed by atoms with Crippen LogP contribution in [0, 0.1) is 5.92 Å². The summed E-state index contributed by atoms with van der Waals surface area (Å²) in [5, 5.41) is 0. The molecule has 0 radical (unpaired) electrons. The highest BCUT2D eigenvalue weighted by Gasteiger charge is 2.12. The zero-order valence-electron chi connectivity index (χ0n) is 11.0. The minimum absolute atomic E-state index is 0.935. The van der Waals surface area contributed by atoms with Crippen molar-refractivity contribution in [1.82, 2.24) is 0 Å². The molecule has 0 aromatic heterocycles. The van der Waals surface area contributed by atoms with Gasteiger partial charge in [0.25, 0.3) is 0 Å². The summed E-state index contributed by atoms with van der Waals surface area (Å²) in [5.41, 5.74) is 1.54. The van der Waals surface area contributed by atoms with Crippen molar-refractivity contribution in [2.24, 2.45) is 5.92 Å². The van der Waals surface area contributed by atoms with Gasteiger partial charge in [-0.1, -0.05) is 6.42 Å². The molecule has 98 valence electrons.